The maximum atomic E-state index is 6.21. The zero-order chi connectivity index (χ0) is 15.4. The van der Waals surface area contributed by atoms with E-state index in [9.17, 15) is 0 Å². The lowest BCUT2D eigenvalue weighted by atomic mass is 9.96. The molecular formula is C18H22ClNO. The summed E-state index contributed by atoms with van der Waals surface area (Å²) in [6, 6.07) is 12.6. The second-order valence-electron chi connectivity index (χ2n) is 5.28. The van der Waals surface area contributed by atoms with Gasteiger partial charge in [-0.3, -0.25) is 0 Å². The summed E-state index contributed by atoms with van der Waals surface area (Å²) in [7, 11) is 1.70. The van der Waals surface area contributed by atoms with Crippen LogP contribution >= 0.6 is 11.6 Å². The fourth-order valence-electron chi connectivity index (χ4n) is 2.64. The Labute approximate surface area is 132 Å². The predicted octanol–water partition coefficient (Wildman–Crippen LogP) is 4.66. The van der Waals surface area contributed by atoms with Crippen LogP contribution in [0.15, 0.2) is 36.4 Å². The average Bonchev–Trinajstić information content (AvgIpc) is 2.43. The highest BCUT2D eigenvalue weighted by molar-refractivity contribution is 6.30. The lowest BCUT2D eigenvalue weighted by Gasteiger charge is -2.21. The lowest BCUT2D eigenvalue weighted by Crippen LogP contribution is -2.22. The molecule has 0 bridgehead atoms. The summed E-state index contributed by atoms with van der Waals surface area (Å²) in [5, 5.41) is 4.31. The molecule has 0 aromatic heterocycles. The van der Waals surface area contributed by atoms with Crippen LogP contribution in [-0.4, -0.2) is 13.7 Å². The van der Waals surface area contributed by atoms with E-state index >= 15 is 0 Å². The first-order chi connectivity index (χ1) is 10.0. The van der Waals surface area contributed by atoms with Crippen LogP contribution in [0.3, 0.4) is 0 Å². The Morgan fingerprint density at radius 1 is 1.10 bits per heavy atom. The Morgan fingerprint density at radius 2 is 1.86 bits per heavy atom. The summed E-state index contributed by atoms with van der Waals surface area (Å²) in [6.07, 6.45) is 0. The molecule has 2 nitrogen and oxygen atoms in total. The molecule has 0 heterocycles. The Morgan fingerprint density at radius 3 is 2.43 bits per heavy atom. The van der Waals surface area contributed by atoms with Gasteiger partial charge in [-0.2, -0.15) is 0 Å². The van der Waals surface area contributed by atoms with Gasteiger partial charge in [-0.05, 0) is 60.8 Å². The maximum absolute atomic E-state index is 6.21. The van der Waals surface area contributed by atoms with E-state index in [1.807, 2.05) is 18.2 Å². The number of hydrogen-bond acceptors (Lipinski definition) is 2. The SMILES string of the molecule is CCNC(c1cc(C)cc(Cl)c1)c1ccc(OC)c(C)c1. The van der Waals surface area contributed by atoms with Crippen molar-refractivity contribution in [3.63, 3.8) is 0 Å². The molecule has 0 aliphatic rings. The van der Waals surface area contributed by atoms with Crippen molar-refractivity contribution >= 4 is 11.6 Å². The van der Waals surface area contributed by atoms with Crippen LogP contribution in [-0.2, 0) is 0 Å². The number of benzene rings is 2. The van der Waals surface area contributed by atoms with Crippen molar-refractivity contribution in [3.8, 4) is 5.75 Å². The highest BCUT2D eigenvalue weighted by Crippen LogP contribution is 2.29. The van der Waals surface area contributed by atoms with Crippen molar-refractivity contribution in [2.45, 2.75) is 26.8 Å². The largest absolute Gasteiger partial charge is 0.496 e. The van der Waals surface area contributed by atoms with E-state index < -0.39 is 0 Å². The van der Waals surface area contributed by atoms with Gasteiger partial charge in [-0.15, -0.1) is 0 Å². The summed E-state index contributed by atoms with van der Waals surface area (Å²) in [5.41, 5.74) is 4.71. The van der Waals surface area contributed by atoms with Gasteiger partial charge >= 0.3 is 0 Å². The van der Waals surface area contributed by atoms with Gasteiger partial charge in [0.05, 0.1) is 13.2 Å². The molecule has 2 rings (SSSR count). The van der Waals surface area contributed by atoms with Gasteiger partial charge in [0.1, 0.15) is 5.75 Å². The summed E-state index contributed by atoms with van der Waals surface area (Å²) in [4.78, 5) is 0. The first-order valence-corrected chi connectivity index (χ1v) is 7.58. The summed E-state index contributed by atoms with van der Waals surface area (Å²) < 4.78 is 5.34. The standard InChI is InChI=1S/C18H22ClNO/c1-5-20-18(15-8-12(2)9-16(19)11-15)14-6-7-17(21-4)13(3)10-14/h6-11,18,20H,5H2,1-4H3. The molecular weight excluding hydrogens is 282 g/mol. The van der Waals surface area contributed by atoms with Crippen molar-refractivity contribution in [2.24, 2.45) is 0 Å². The van der Waals surface area contributed by atoms with Crippen LogP contribution in [0.1, 0.15) is 35.2 Å². The quantitative estimate of drug-likeness (QED) is 0.867. The summed E-state index contributed by atoms with van der Waals surface area (Å²) in [6.45, 7) is 7.13. The highest BCUT2D eigenvalue weighted by atomic mass is 35.5. The number of aryl methyl sites for hydroxylation is 2. The Balaban J connectivity index is 2.45. The number of methoxy groups -OCH3 is 1. The molecule has 1 atom stereocenters. The van der Waals surface area contributed by atoms with Gasteiger partial charge in [-0.25, -0.2) is 0 Å². The van der Waals surface area contributed by atoms with Crippen molar-refractivity contribution in [1.29, 1.82) is 0 Å². The zero-order valence-electron chi connectivity index (χ0n) is 13.0. The van der Waals surface area contributed by atoms with Crippen LogP contribution in [0.2, 0.25) is 5.02 Å². The molecule has 0 amide bonds. The predicted molar refractivity (Wildman–Crippen MR) is 89.4 cm³/mol. The van der Waals surface area contributed by atoms with Gasteiger partial charge in [-0.1, -0.05) is 36.7 Å². The molecule has 3 heteroatoms. The van der Waals surface area contributed by atoms with Crippen molar-refractivity contribution < 1.29 is 4.74 Å². The number of halogens is 1. The van der Waals surface area contributed by atoms with Gasteiger partial charge in [0.2, 0.25) is 0 Å². The molecule has 0 radical (unpaired) electrons. The molecule has 2 aromatic rings. The second kappa shape index (κ2) is 6.97. The molecule has 0 saturated carbocycles. The van der Waals surface area contributed by atoms with Gasteiger partial charge in [0.25, 0.3) is 0 Å². The third kappa shape index (κ3) is 3.78. The smallest absolute Gasteiger partial charge is 0.121 e. The average molecular weight is 304 g/mol. The van der Waals surface area contributed by atoms with E-state index in [1.54, 1.807) is 7.11 Å². The molecule has 0 saturated heterocycles. The zero-order valence-corrected chi connectivity index (χ0v) is 13.8. The van der Waals surface area contributed by atoms with Crippen LogP contribution in [0.5, 0.6) is 5.75 Å². The van der Waals surface area contributed by atoms with E-state index in [2.05, 4.69) is 44.3 Å². The molecule has 0 spiro atoms. The molecule has 0 fully saturated rings. The second-order valence-corrected chi connectivity index (χ2v) is 5.72. The van der Waals surface area contributed by atoms with Crippen molar-refractivity contribution in [3.05, 3.63) is 63.7 Å². The minimum Gasteiger partial charge on any atom is -0.496 e. The maximum Gasteiger partial charge on any atom is 0.121 e. The summed E-state index contributed by atoms with van der Waals surface area (Å²) in [5.74, 6) is 0.913. The molecule has 112 valence electrons. The normalized spacial score (nSPS) is 12.2. The van der Waals surface area contributed by atoms with Crippen LogP contribution in [0.25, 0.3) is 0 Å². The molecule has 0 aliphatic heterocycles. The summed E-state index contributed by atoms with van der Waals surface area (Å²) >= 11 is 6.21. The molecule has 0 aliphatic carbocycles. The molecule has 21 heavy (non-hydrogen) atoms. The van der Waals surface area contributed by atoms with Crippen LogP contribution in [0, 0.1) is 13.8 Å². The first kappa shape index (κ1) is 15.9. The Bertz CT molecular complexity index is 604. The monoisotopic (exact) mass is 303 g/mol. The number of hydrogen-bond donors (Lipinski definition) is 1. The topological polar surface area (TPSA) is 21.3 Å². The number of nitrogens with one attached hydrogen (secondary N) is 1. The fourth-order valence-corrected chi connectivity index (χ4v) is 2.94. The Hall–Kier alpha value is -1.51. The molecule has 1 unspecified atom stereocenters. The fraction of sp³-hybridized carbons (Fsp3) is 0.333. The minimum absolute atomic E-state index is 0.136. The first-order valence-electron chi connectivity index (χ1n) is 7.20. The van der Waals surface area contributed by atoms with E-state index in [-0.39, 0.29) is 6.04 Å². The third-order valence-corrected chi connectivity index (χ3v) is 3.78. The number of ether oxygens (including phenoxy) is 1. The molecule has 1 N–H and O–H groups in total. The minimum atomic E-state index is 0.136. The van der Waals surface area contributed by atoms with Gasteiger partial charge < -0.3 is 10.1 Å². The lowest BCUT2D eigenvalue weighted by molar-refractivity contribution is 0.411. The third-order valence-electron chi connectivity index (χ3n) is 3.56. The van der Waals surface area contributed by atoms with E-state index in [4.69, 9.17) is 16.3 Å². The van der Waals surface area contributed by atoms with Crippen LogP contribution in [0.4, 0.5) is 0 Å². The van der Waals surface area contributed by atoms with E-state index in [0.29, 0.717) is 0 Å². The Kier molecular flexibility index (Phi) is 5.27. The van der Waals surface area contributed by atoms with E-state index in [0.717, 1.165) is 22.9 Å². The van der Waals surface area contributed by atoms with Gasteiger partial charge in [0, 0.05) is 5.02 Å². The highest BCUT2D eigenvalue weighted by Gasteiger charge is 2.15. The molecule has 2 aromatic carbocycles. The van der Waals surface area contributed by atoms with Gasteiger partial charge in [0.15, 0.2) is 0 Å². The number of rotatable bonds is 5. The van der Waals surface area contributed by atoms with Crippen molar-refractivity contribution in [2.75, 3.05) is 13.7 Å². The van der Waals surface area contributed by atoms with Crippen LogP contribution < -0.4 is 10.1 Å². The van der Waals surface area contributed by atoms with Crippen molar-refractivity contribution in [1.82, 2.24) is 5.32 Å². The van der Waals surface area contributed by atoms with E-state index in [1.165, 1.54) is 16.7 Å².